The first-order valence-corrected chi connectivity index (χ1v) is 6.98. The summed E-state index contributed by atoms with van der Waals surface area (Å²) in [5.74, 6) is -0.0997. The molecule has 0 bridgehead atoms. The molecule has 0 atom stereocenters. The standard InChI is InChI=1S/C15H22N2O2/c1-2-9-19-11-15(18)17-14-5-3-12(4-6-14)10-16-13-7-8-13/h3-6,13,16H,2,7-11H2,1H3,(H,17,18). The third-order valence-electron chi connectivity index (χ3n) is 2.99. The van der Waals surface area contributed by atoms with Crippen molar-refractivity contribution in [2.45, 2.75) is 38.8 Å². The summed E-state index contributed by atoms with van der Waals surface area (Å²) in [7, 11) is 0. The van der Waals surface area contributed by atoms with E-state index in [1.54, 1.807) is 0 Å². The number of carbonyl (C=O) groups is 1. The van der Waals surface area contributed by atoms with E-state index < -0.39 is 0 Å². The predicted molar refractivity (Wildman–Crippen MR) is 76.0 cm³/mol. The highest BCUT2D eigenvalue weighted by atomic mass is 16.5. The molecule has 2 N–H and O–H groups in total. The SMILES string of the molecule is CCCOCC(=O)Nc1ccc(CNC2CC2)cc1. The maximum Gasteiger partial charge on any atom is 0.250 e. The molecule has 0 aromatic heterocycles. The first-order chi connectivity index (χ1) is 9.28. The Morgan fingerprint density at radius 3 is 2.68 bits per heavy atom. The van der Waals surface area contributed by atoms with Crippen LogP contribution in [0.15, 0.2) is 24.3 Å². The summed E-state index contributed by atoms with van der Waals surface area (Å²) in [6, 6.07) is 8.66. The first kappa shape index (κ1) is 14.0. The fraction of sp³-hybridized carbons (Fsp3) is 0.533. The summed E-state index contributed by atoms with van der Waals surface area (Å²) in [6.45, 7) is 3.67. The number of carbonyl (C=O) groups excluding carboxylic acids is 1. The zero-order valence-electron chi connectivity index (χ0n) is 11.4. The maximum atomic E-state index is 11.5. The summed E-state index contributed by atoms with van der Waals surface area (Å²) in [4.78, 5) is 11.5. The molecule has 1 aromatic carbocycles. The van der Waals surface area contributed by atoms with E-state index in [4.69, 9.17) is 4.74 Å². The van der Waals surface area contributed by atoms with E-state index >= 15 is 0 Å². The highest BCUT2D eigenvalue weighted by Crippen LogP contribution is 2.19. The largest absolute Gasteiger partial charge is 0.372 e. The molecule has 4 nitrogen and oxygen atoms in total. The molecular weight excluding hydrogens is 240 g/mol. The van der Waals surface area contributed by atoms with Crippen LogP contribution in [-0.4, -0.2) is 25.2 Å². The lowest BCUT2D eigenvalue weighted by Crippen LogP contribution is -2.18. The highest BCUT2D eigenvalue weighted by Gasteiger charge is 2.19. The van der Waals surface area contributed by atoms with Crippen LogP contribution >= 0.6 is 0 Å². The molecule has 1 saturated carbocycles. The van der Waals surface area contributed by atoms with Crippen LogP contribution in [0.1, 0.15) is 31.7 Å². The molecule has 0 unspecified atom stereocenters. The van der Waals surface area contributed by atoms with E-state index in [0.717, 1.165) is 24.7 Å². The van der Waals surface area contributed by atoms with E-state index in [-0.39, 0.29) is 12.5 Å². The van der Waals surface area contributed by atoms with E-state index in [1.165, 1.54) is 18.4 Å². The second kappa shape index (κ2) is 7.26. The minimum atomic E-state index is -0.0997. The van der Waals surface area contributed by atoms with Crippen molar-refractivity contribution in [2.75, 3.05) is 18.5 Å². The Kier molecular flexibility index (Phi) is 5.36. The lowest BCUT2D eigenvalue weighted by atomic mass is 10.2. The van der Waals surface area contributed by atoms with Crippen molar-refractivity contribution in [3.05, 3.63) is 29.8 Å². The van der Waals surface area contributed by atoms with Crippen molar-refractivity contribution < 1.29 is 9.53 Å². The molecule has 0 heterocycles. The van der Waals surface area contributed by atoms with E-state index in [0.29, 0.717) is 6.61 Å². The molecule has 104 valence electrons. The monoisotopic (exact) mass is 262 g/mol. The van der Waals surface area contributed by atoms with Gasteiger partial charge in [-0.3, -0.25) is 4.79 Å². The Labute approximate surface area is 114 Å². The quantitative estimate of drug-likeness (QED) is 0.707. The zero-order valence-corrected chi connectivity index (χ0v) is 11.4. The van der Waals surface area contributed by atoms with Gasteiger partial charge in [-0.2, -0.15) is 0 Å². The first-order valence-electron chi connectivity index (χ1n) is 6.98. The second-order valence-electron chi connectivity index (χ2n) is 4.95. The molecular formula is C15H22N2O2. The van der Waals surface area contributed by atoms with E-state index in [1.807, 2.05) is 31.2 Å². The predicted octanol–water partition coefficient (Wildman–Crippen LogP) is 2.30. The van der Waals surface area contributed by atoms with Gasteiger partial charge >= 0.3 is 0 Å². The van der Waals surface area contributed by atoms with Gasteiger partial charge in [-0.05, 0) is 37.0 Å². The lowest BCUT2D eigenvalue weighted by molar-refractivity contribution is -0.120. The molecule has 0 spiro atoms. The molecule has 1 aromatic rings. The Bertz CT molecular complexity index is 399. The Morgan fingerprint density at radius 1 is 1.32 bits per heavy atom. The van der Waals surface area contributed by atoms with Crippen molar-refractivity contribution >= 4 is 11.6 Å². The van der Waals surface area contributed by atoms with Crippen LogP contribution in [0.5, 0.6) is 0 Å². The average molecular weight is 262 g/mol. The number of hydrogen-bond acceptors (Lipinski definition) is 3. The number of amides is 1. The van der Waals surface area contributed by atoms with E-state index in [2.05, 4.69) is 10.6 Å². The van der Waals surface area contributed by atoms with Gasteiger partial charge < -0.3 is 15.4 Å². The summed E-state index contributed by atoms with van der Waals surface area (Å²) in [5.41, 5.74) is 2.06. The minimum Gasteiger partial charge on any atom is -0.372 e. The Balaban J connectivity index is 1.72. The van der Waals surface area contributed by atoms with Gasteiger partial charge in [-0.1, -0.05) is 19.1 Å². The normalized spacial score (nSPS) is 14.4. The Hall–Kier alpha value is -1.39. The van der Waals surface area contributed by atoms with Crippen molar-refractivity contribution in [1.82, 2.24) is 5.32 Å². The van der Waals surface area contributed by atoms with Crippen LogP contribution in [0.4, 0.5) is 5.69 Å². The van der Waals surface area contributed by atoms with Crippen LogP contribution in [0.3, 0.4) is 0 Å². The molecule has 0 aliphatic heterocycles. The summed E-state index contributed by atoms with van der Waals surface area (Å²) in [6.07, 6.45) is 3.52. The van der Waals surface area contributed by atoms with E-state index in [9.17, 15) is 4.79 Å². The van der Waals surface area contributed by atoms with Crippen LogP contribution in [0.25, 0.3) is 0 Å². The van der Waals surface area contributed by atoms with Gasteiger partial charge in [0, 0.05) is 24.9 Å². The summed E-state index contributed by atoms with van der Waals surface area (Å²) < 4.78 is 5.19. The number of anilines is 1. The van der Waals surface area contributed by atoms with Gasteiger partial charge in [0.1, 0.15) is 6.61 Å². The van der Waals surface area contributed by atoms with Gasteiger partial charge in [0.05, 0.1) is 0 Å². The molecule has 0 saturated heterocycles. The molecule has 4 heteroatoms. The fourth-order valence-corrected chi connectivity index (χ4v) is 1.76. The number of ether oxygens (including phenoxy) is 1. The zero-order chi connectivity index (χ0) is 13.5. The summed E-state index contributed by atoms with van der Waals surface area (Å²) in [5, 5.41) is 6.28. The minimum absolute atomic E-state index is 0.0997. The molecule has 1 aliphatic carbocycles. The lowest BCUT2D eigenvalue weighted by Gasteiger charge is -2.07. The maximum absolute atomic E-state index is 11.5. The van der Waals surface area contributed by atoms with Crippen LogP contribution < -0.4 is 10.6 Å². The van der Waals surface area contributed by atoms with Gasteiger partial charge in [0.2, 0.25) is 5.91 Å². The third-order valence-corrected chi connectivity index (χ3v) is 2.99. The molecule has 2 rings (SSSR count). The van der Waals surface area contributed by atoms with Crippen molar-refractivity contribution in [3.63, 3.8) is 0 Å². The number of benzene rings is 1. The van der Waals surface area contributed by atoms with Crippen molar-refractivity contribution in [3.8, 4) is 0 Å². The van der Waals surface area contributed by atoms with Gasteiger partial charge in [0.15, 0.2) is 0 Å². The van der Waals surface area contributed by atoms with Crippen LogP contribution in [-0.2, 0) is 16.1 Å². The summed E-state index contributed by atoms with van der Waals surface area (Å²) >= 11 is 0. The van der Waals surface area contributed by atoms with Crippen molar-refractivity contribution in [2.24, 2.45) is 0 Å². The molecule has 1 amide bonds. The second-order valence-corrected chi connectivity index (χ2v) is 4.95. The molecule has 1 fully saturated rings. The van der Waals surface area contributed by atoms with Gasteiger partial charge in [0.25, 0.3) is 0 Å². The number of hydrogen-bond donors (Lipinski definition) is 2. The van der Waals surface area contributed by atoms with Crippen LogP contribution in [0.2, 0.25) is 0 Å². The number of rotatable bonds is 8. The Morgan fingerprint density at radius 2 is 2.05 bits per heavy atom. The smallest absolute Gasteiger partial charge is 0.250 e. The van der Waals surface area contributed by atoms with Crippen LogP contribution in [0, 0.1) is 0 Å². The molecule has 19 heavy (non-hydrogen) atoms. The third kappa shape index (κ3) is 5.41. The van der Waals surface area contributed by atoms with Crippen molar-refractivity contribution in [1.29, 1.82) is 0 Å². The molecule has 0 radical (unpaired) electrons. The average Bonchev–Trinajstić information content (AvgIpc) is 3.22. The van der Waals surface area contributed by atoms with Gasteiger partial charge in [-0.15, -0.1) is 0 Å². The number of nitrogens with one attached hydrogen (secondary N) is 2. The topological polar surface area (TPSA) is 50.4 Å². The van der Waals surface area contributed by atoms with Gasteiger partial charge in [-0.25, -0.2) is 0 Å². The highest BCUT2D eigenvalue weighted by molar-refractivity contribution is 5.91. The fourth-order valence-electron chi connectivity index (χ4n) is 1.76. The molecule has 1 aliphatic rings.